The second-order valence-electron chi connectivity index (χ2n) is 5.81. The van der Waals surface area contributed by atoms with E-state index >= 15 is 0 Å². The molecule has 6 nitrogen and oxygen atoms in total. The predicted octanol–water partition coefficient (Wildman–Crippen LogP) is 3.52. The zero-order valence-corrected chi connectivity index (χ0v) is 14.1. The highest BCUT2D eigenvalue weighted by atomic mass is 19.4. The Bertz CT molecular complexity index is 843. The maximum atomic E-state index is 13.3. The van der Waals surface area contributed by atoms with Crippen molar-refractivity contribution < 1.29 is 27.5 Å². The quantitative estimate of drug-likeness (QED) is 0.776. The first-order valence-corrected chi connectivity index (χ1v) is 7.89. The minimum absolute atomic E-state index is 0.0550. The van der Waals surface area contributed by atoms with Crippen molar-refractivity contribution >= 4 is 11.7 Å². The summed E-state index contributed by atoms with van der Waals surface area (Å²) in [5, 5.41) is 7.69. The monoisotopic (exact) mass is 367 g/mol. The van der Waals surface area contributed by atoms with Crippen LogP contribution in [0, 0.1) is 0 Å². The fourth-order valence-corrected chi connectivity index (χ4v) is 2.61. The van der Waals surface area contributed by atoms with E-state index in [2.05, 4.69) is 19.8 Å². The van der Waals surface area contributed by atoms with Crippen LogP contribution in [-0.2, 0) is 20.9 Å². The molecule has 3 rings (SSSR count). The largest absolute Gasteiger partial charge is 0.470 e. The first-order chi connectivity index (χ1) is 12.2. The summed E-state index contributed by atoms with van der Waals surface area (Å²) in [6, 6.07) is 6.80. The van der Waals surface area contributed by atoms with E-state index in [4.69, 9.17) is 0 Å². The van der Waals surface area contributed by atoms with Crippen LogP contribution in [0.3, 0.4) is 0 Å². The Morgan fingerprint density at radius 2 is 1.92 bits per heavy atom. The molecule has 9 heteroatoms. The second-order valence-corrected chi connectivity index (χ2v) is 5.81. The molecule has 1 aromatic carbocycles. The smallest absolute Gasteiger partial charge is 0.412 e. The van der Waals surface area contributed by atoms with Crippen LogP contribution in [-0.4, -0.2) is 33.4 Å². The molecule has 1 aliphatic rings. The van der Waals surface area contributed by atoms with Crippen LogP contribution in [0.4, 0.5) is 13.2 Å². The van der Waals surface area contributed by atoms with Crippen molar-refractivity contribution in [1.29, 1.82) is 0 Å². The van der Waals surface area contributed by atoms with Crippen molar-refractivity contribution in [2.75, 3.05) is 0 Å². The molecule has 1 aromatic heterocycles. The van der Waals surface area contributed by atoms with Crippen LogP contribution in [0.25, 0.3) is 11.1 Å². The van der Waals surface area contributed by atoms with Crippen LogP contribution >= 0.6 is 0 Å². The van der Waals surface area contributed by atoms with Gasteiger partial charge in [-0.25, -0.2) is 0 Å². The highest BCUT2D eigenvalue weighted by Crippen LogP contribution is 2.42. The summed E-state index contributed by atoms with van der Waals surface area (Å²) in [4.78, 5) is 15.6. The number of hydrogen-bond acceptors (Lipinski definition) is 5. The van der Waals surface area contributed by atoms with E-state index in [1.165, 1.54) is 0 Å². The highest BCUT2D eigenvalue weighted by molar-refractivity contribution is 6.02. The molecule has 0 saturated carbocycles. The van der Waals surface area contributed by atoms with Crippen molar-refractivity contribution in [2.24, 2.45) is 5.16 Å². The van der Waals surface area contributed by atoms with Gasteiger partial charge in [0.05, 0.1) is 18.3 Å². The number of carbonyl (C=O) groups is 1. The fourth-order valence-electron chi connectivity index (χ4n) is 2.61. The summed E-state index contributed by atoms with van der Waals surface area (Å²) in [6.07, 6.45) is -2.02. The molecule has 2 aromatic rings. The van der Waals surface area contributed by atoms with Gasteiger partial charge in [-0.3, -0.25) is 9.48 Å². The van der Waals surface area contributed by atoms with E-state index in [9.17, 15) is 18.0 Å². The third kappa shape index (κ3) is 3.29. The maximum absolute atomic E-state index is 13.3. The Morgan fingerprint density at radius 1 is 1.27 bits per heavy atom. The summed E-state index contributed by atoms with van der Waals surface area (Å²) in [5.74, 6) is -4.17. The molecule has 138 valence electrons. The lowest BCUT2D eigenvalue weighted by Crippen LogP contribution is -2.49. The third-order valence-electron chi connectivity index (χ3n) is 3.95. The van der Waals surface area contributed by atoms with Gasteiger partial charge in [-0.1, -0.05) is 29.4 Å². The van der Waals surface area contributed by atoms with E-state index in [1.807, 2.05) is 13.1 Å². The van der Waals surface area contributed by atoms with Crippen LogP contribution in [0.2, 0.25) is 0 Å². The van der Waals surface area contributed by atoms with Gasteiger partial charge < -0.3 is 9.57 Å². The molecule has 0 fully saturated rings. The standard InChI is InChI=1S/C17H16F3N3O3/c1-3-23-10-14(9-21-23)12-4-6-13(7-5-12)15-8-16(26-22-15,17(18,19)20)25-11(2)24/h4-7,9-10H,3,8H2,1-2H3/t16-/m1/s1. The lowest BCUT2D eigenvalue weighted by molar-refractivity contribution is -0.357. The number of benzene rings is 1. The van der Waals surface area contributed by atoms with Crippen molar-refractivity contribution in [1.82, 2.24) is 9.78 Å². The van der Waals surface area contributed by atoms with Gasteiger partial charge in [0.2, 0.25) is 0 Å². The van der Waals surface area contributed by atoms with Gasteiger partial charge >= 0.3 is 17.9 Å². The molecule has 0 aliphatic carbocycles. The molecule has 1 aliphatic heterocycles. The average molecular weight is 367 g/mol. The average Bonchev–Trinajstić information content (AvgIpc) is 3.21. The first-order valence-electron chi connectivity index (χ1n) is 7.89. The number of nitrogens with zero attached hydrogens (tertiary/aromatic N) is 3. The molecule has 1 atom stereocenters. The summed E-state index contributed by atoms with van der Waals surface area (Å²) >= 11 is 0. The molecule has 0 radical (unpaired) electrons. The molecular formula is C17H16F3N3O3. The van der Waals surface area contributed by atoms with Crippen molar-refractivity contribution in [2.45, 2.75) is 38.8 Å². The van der Waals surface area contributed by atoms with E-state index in [0.717, 1.165) is 24.6 Å². The normalized spacial score (nSPS) is 19.8. The van der Waals surface area contributed by atoms with Gasteiger partial charge in [0, 0.05) is 25.2 Å². The van der Waals surface area contributed by atoms with Gasteiger partial charge in [-0.15, -0.1) is 0 Å². The minimum atomic E-state index is -4.90. The van der Waals surface area contributed by atoms with Gasteiger partial charge in [0.25, 0.3) is 0 Å². The summed E-state index contributed by atoms with van der Waals surface area (Å²) in [7, 11) is 0. The SMILES string of the molecule is CCn1cc(-c2ccc(C3=NO[C@@](OC(C)=O)(C(F)(F)F)C3)cc2)cn1. The van der Waals surface area contributed by atoms with Crippen LogP contribution < -0.4 is 0 Å². The number of rotatable bonds is 4. The van der Waals surface area contributed by atoms with E-state index in [0.29, 0.717) is 5.56 Å². The Kier molecular flexibility index (Phi) is 4.47. The number of esters is 1. The van der Waals surface area contributed by atoms with Gasteiger partial charge in [0.1, 0.15) is 0 Å². The number of hydrogen-bond donors (Lipinski definition) is 0. The summed E-state index contributed by atoms with van der Waals surface area (Å²) < 4.78 is 46.1. The Morgan fingerprint density at radius 3 is 2.46 bits per heavy atom. The molecule has 0 bridgehead atoms. The Hall–Kier alpha value is -2.84. The zero-order valence-electron chi connectivity index (χ0n) is 14.1. The molecule has 0 N–H and O–H groups in total. The molecule has 0 unspecified atom stereocenters. The fraction of sp³-hybridized carbons (Fsp3) is 0.353. The molecule has 26 heavy (non-hydrogen) atoms. The van der Waals surface area contributed by atoms with Crippen LogP contribution in [0.1, 0.15) is 25.8 Å². The number of alkyl halides is 3. The van der Waals surface area contributed by atoms with E-state index < -0.39 is 24.4 Å². The number of carbonyl (C=O) groups excluding carboxylic acids is 1. The Balaban J connectivity index is 1.81. The number of ether oxygens (including phenoxy) is 1. The summed E-state index contributed by atoms with van der Waals surface area (Å²) in [6.45, 7) is 3.59. The lowest BCUT2D eigenvalue weighted by Gasteiger charge is -2.27. The van der Waals surface area contributed by atoms with Gasteiger partial charge in [-0.05, 0) is 18.1 Å². The Labute approximate surface area is 147 Å². The van der Waals surface area contributed by atoms with Gasteiger partial charge in [-0.2, -0.15) is 18.3 Å². The maximum Gasteiger partial charge on any atom is 0.470 e. The minimum Gasteiger partial charge on any atom is -0.412 e. The third-order valence-corrected chi connectivity index (χ3v) is 3.95. The van der Waals surface area contributed by atoms with Crippen LogP contribution in [0.15, 0.2) is 41.8 Å². The molecule has 0 spiro atoms. The number of oxime groups is 1. The summed E-state index contributed by atoms with van der Waals surface area (Å²) in [5.41, 5.74) is 2.27. The number of halogens is 3. The zero-order chi connectivity index (χ0) is 18.9. The molecule has 0 saturated heterocycles. The van der Waals surface area contributed by atoms with Crippen molar-refractivity contribution in [3.05, 3.63) is 42.2 Å². The molecular weight excluding hydrogens is 351 g/mol. The topological polar surface area (TPSA) is 65.7 Å². The molecule has 2 heterocycles. The van der Waals surface area contributed by atoms with Crippen LogP contribution in [0.5, 0.6) is 0 Å². The number of aromatic nitrogens is 2. The number of aryl methyl sites for hydroxylation is 1. The van der Waals surface area contributed by atoms with Crippen molar-refractivity contribution in [3.8, 4) is 11.1 Å². The van der Waals surface area contributed by atoms with Gasteiger partial charge in [0.15, 0.2) is 0 Å². The first kappa shape index (κ1) is 18.0. The second kappa shape index (κ2) is 6.47. The van der Waals surface area contributed by atoms with E-state index in [-0.39, 0.29) is 5.71 Å². The predicted molar refractivity (Wildman–Crippen MR) is 86.1 cm³/mol. The lowest BCUT2D eigenvalue weighted by atomic mass is 10.00. The highest BCUT2D eigenvalue weighted by Gasteiger charge is 2.64. The van der Waals surface area contributed by atoms with Crippen molar-refractivity contribution in [3.63, 3.8) is 0 Å². The molecule has 0 amide bonds. The van der Waals surface area contributed by atoms with E-state index in [1.54, 1.807) is 35.1 Å².